The molecule has 10 heteroatoms. The third-order valence-corrected chi connectivity index (χ3v) is 5.68. The Kier molecular flexibility index (Phi) is 9.14. The van der Waals surface area contributed by atoms with E-state index >= 15 is 0 Å². The van der Waals surface area contributed by atoms with Gasteiger partial charge in [-0.25, -0.2) is 4.39 Å². The molecule has 0 radical (unpaired) electrons. The Bertz CT molecular complexity index is 1010. The molecule has 4 nitrogen and oxygen atoms in total. The van der Waals surface area contributed by atoms with Crippen molar-refractivity contribution < 1.29 is 31.9 Å². The fraction of sp³-hybridized carbons (Fsp3) is 0.391. The lowest BCUT2D eigenvalue weighted by atomic mass is 9.85. The van der Waals surface area contributed by atoms with E-state index in [9.17, 15) is 27.2 Å². The molecule has 0 bridgehead atoms. The Morgan fingerprint density at radius 1 is 1.09 bits per heavy atom. The quantitative estimate of drug-likeness (QED) is 0.316. The standard InChI is InChI=1S/C23H23Cl2F4NO3/c1-4-33-22(32)12(2)9-14-5-8-17(25)19(10-14)30-21(31)20(13(3)23(27,28)29)16-7-6-15(24)11-18(16)26/h5-8,10-13,20H,4,9H2,1-3H3,(H,30,31)/t12-,13+,20-/m0/s1. The number of esters is 1. The van der Waals surface area contributed by atoms with E-state index in [0.717, 1.165) is 19.1 Å². The molecule has 1 N–H and O–H groups in total. The molecule has 180 valence electrons. The summed E-state index contributed by atoms with van der Waals surface area (Å²) in [7, 11) is 0. The Labute approximate surface area is 199 Å². The third-order valence-electron chi connectivity index (χ3n) is 5.12. The summed E-state index contributed by atoms with van der Waals surface area (Å²) in [6, 6.07) is 7.67. The molecule has 0 aliphatic rings. The lowest BCUT2D eigenvalue weighted by Gasteiger charge is -2.26. The van der Waals surface area contributed by atoms with Crippen LogP contribution < -0.4 is 5.32 Å². The number of ether oxygens (including phenoxy) is 1. The van der Waals surface area contributed by atoms with Crippen molar-refractivity contribution in [3.8, 4) is 0 Å². The zero-order valence-corrected chi connectivity index (χ0v) is 19.6. The molecule has 0 heterocycles. The Hall–Kier alpha value is -2.32. The molecule has 2 aromatic rings. The first-order valence-electron chi connectivity index (χ1n) is 10.1. The topological polar surface area (TPSA) is 55.4 Å². The molecule has 0 aliphatic carbocycles. The number of rotatable bonds is 8. The van der Waals surface area contributed by atoms with Crippen molar-refractivity contribution in [1.29, 1.82) is 0 Å². The van der Waals surface area contributed by atoms with Crippen LogP contribution in [0.5, 0.6) is 0 Å². The number of hydrogen-bond donors (Lipinski definition) is 1. The second-order valence-corrected chi connectivity index (χ2v) is 8.48. The molecule has 0 fully saturated rings. The van der Waals surface area contributed by atoms with Crippen molar-refractivity contribution in [3.63, 3.8) is 0 Å². The summed E-state index contributed by atoms with van der Waals surface area (Å²) in [6.45, 7) is 4.38. The fourth-order valence-corrected chi connectivity index (χ4v) is 3.63. The van der Waals surface area contributed by atoms with Gasteiger partial charge in [-0.3, -0.25) is 9.59 Å². The fourth-order valence-electron chi connectivity index (χ4n) is 3.31. The van der Waals surface area contributed by atoms with Crippen LogP contribution in [-0.2, 0) is 20.7 Å². The normalized spacial score (nSPS) is 14.3. The number of alkyl halides is 3. The zero-order chi connectivity index (χ0) is 24.9. The average Bonchev–Trinajstić information content (AvgIpc) is 2.71. The van der Waals surface area contributed by atoms with Crippen molar-refractivity contribution in [2.24, 2.45) is 11.8 Å². The summed E-state index contributed by atoms with van der Waals surface area (Å²) in [5.41, 5.74) is 0.210. The molecule has 0 aromatic heterocycles. The average molecular weight is 508 g/mol. The van der Waals surface area contributed by atoms with Gasteiger partial charge in [0.1, 0.15) is 5.82 Å². The smallest absolute Gasteiger partial charge is 0.392 e. The molecule has 2 aromatic carbocycles. The Morgan fingerprint density at radius 3 is 2.33 bits per heavy atom. The molecule has 3 atom stereocenters. The molecule has 1 amide bonds. The van der Waals surface area contributed by atoms with Gasteiger partial charge in [-0.2, -0.15) is 13.2 Å². The van der Waals surface area contributed by atoms with Crippen molar-refractivity contribution in [2.75, 3.05) is 11.9 Å². The van der Waals surface area contributed by atoms with Crippen molar-refractivity contribution >= 4 is 40.8 Å². The van der Waals surface area contributed by atoms with Gasteiger partial charge in [0.15, 0.2) is 0 Å². The second kappa shape index (κ2) is 11.2. The van der Waals surface area contributed by atoms with E-state index in [1.807, 2.05) is 0 Å². The highest BCUT2D eigenvalue weighted by molar-refractivity contribution is 6.33. The summed E-state index contributed by atoms with van der Waals surface area (Å²) >= 11 is 11.9. The van der Waals surface area contributed by atoms with Crippen LogP contribution in [0.4, 0.5) is 23.2 Å². The summed E-state index contributed by atoms with van der Waals surface area (Å²) in [6.07, 6.45) is -4.51. The summed E-state index contributed by atoms with van der Waals surface area (Å²) in [5, 5.41) is 2.45. The van der Waals surface area contributed by atoms with Crippen LogP contribution in [0.3, 0.4) is 0 Å². The van der Waals surface area contributed by atoms with Gasteiger partial charge in [0.05, 0.1) is 35.1 Å². The van der Waals surface area contributed by atoms with E-state index in [-0.39, 0.29) is 28.8 Å². The Balaban J connectivity index is 2.36. The molecule has 33 heavy (non-hydrogen) atoms. The van der Waals surface area contributed by atoms with Crippen LogP contribution >= 0.6 is 23.2 Å². The maximum absolute atomic E-state index is 14.5. The molecule has 0 aliphatic heterocycles. The highest BCUT2D eigenvalue weighted by Gasteiger charge is 2.45. The van der Waals surface area contributed by atoms with Crippen molar-refractivity contribution in [3.05, 3.63) is 63.4 Å². The van der Waals surface area contributed by atoms with E-state index in [1.54, 1.807) is 19.9 Å². The number of benzene rings is 2. The number of carbonyl (C=O) groups excluding carboxylic acids is 2. The number of nitrogens with one attached hydrogen (secondary N) is 1. The van der Waals surface area contributed by atoms with Gasteiger partial charge in [0, 0.05) is 10.6 Å². The SMILES string of the molecule is CCOC(=O)[C@@H](C)Cc1ccc(Cl)c(NC(=O)[C@H](c2ccc(Cl)cc2F)[C@@H](C)C(F)(F)F)c1. The molecule has 2 rings (SSSR count). The van der Waals surface area contributed by atoms with Crippen LogP contribution in [0, 0.1) is 17.7 Å². The minimum Gasteiger partial charge on any atom is -0.466 e. The maximum Gasteiger partial charge on any atom is 0.392 e. The van der Waals surface area contributed by atoms with Crippen molar-refractivity contribution in [2.45, 2.75) is 39.3 Å². The third kappa shape index (κ3) is 7.08. The highest BCUT2D eigenvalue weighted by Crippen LogP contribution is 2.40. The minimum atomic E-state index is -4.77. The van der Waals surface area contributed by atoms with Gasteiger partial charge in [-0.1, -0.05) is 49.2 Å². The van der Waals surface area contributed by atoms with Gasteiger partial charge >= 0.3 is 12.1 Å². The first-order valence-corrected chi connectivity index (χ1v) is 10.9. The van der Waals surface area contributed by atoms with Crippen LogP contribution in [0.15, 0.2) is 36.4 Å². The van der Waals surface area contributed by atoms with Crippen molar-refractivity contribution in [1.82, 2.24) is 0 Å². The first-order chi connectivity index (χ1) is 15.3. The van der Waals surface area contributed by atoms with Crippen LogP contribution in [-0.4, -0.2) is 24.7 Å². The molecular weight excluding hydrogens is 485 g/mol. The van der Waals surface area contributed by atoms with E-state index in [2.05, 4.69) is 5.32 Å². The van der Waals surface area contributed by atoms with Gasteiger partial charge in [0.2, 0.25) is 5.91 Å². The number of carbonyl (C=O) groups is 2. The lowest BCUT2D eigenvalue weighted by Crippen LogP contribution is -2.35. The molecule has 0 saturated heterocycles. The van der Waals surface area contributed by atoms with Gasteiger partial charge in [-0.05, 0) is 43.2 Å². The second-order valence-electron chi connectivity index (χ2n) is 7.63. The predicted octanol–water partition coefficient (Wildman–Crippen LogP) is 6.79. The van der Waals surface area contributed by atoms with Crippen LogP contribution in [0.25, 0.3) is 0 Å². The number of halogens is 6. The monoisotopic (exact) mass is 507 g/mol. The van der Waals surface area contributed by atoms with Gasteiger partial charge in [0.25, 0.3) is 0 Å². The Morgan fingerprint density at radius 2 is 1.76 bits per heavy atom. The number of hydrogen-bond acceptors (Lipinski definition) is 3. The maximum atomic E-state index is 14.5. The van der Waals surface area contributed by atoms with Crippen LogP contribution in [0.1, 0.15) is 37.8 Å². The number of amides is 1. The number of anilines is 1. The largest absolute Gasteiger partial charge is 0.466 e. The lowest BCUT2D eigenvalue weighted by molar-refractivity contribution is -0.178. The predicted molar refractivity (Wildman–Crippen MR) is 119 cm³/mol. The zero-order valence-electron chi connectivity index (χ0n) is 18.1. The van der Waals surface area contributed by atoms with Crippen LogP contribution in [0.2, 0.25) is 10.0 Å². The summed E-state index contributed by atoms with van der Waals surface area (Å²) in [4.78, 5) is 24.9. The summed E-state index contributed by atoms with van der Waals surface area (Å²) in [5.74, 6) is -7.09. The molecule has 0 spiro atoms. The molecule has 0 saturated carbocycles. The van der Waals surface area contributed by atoms with Gasteiger partial charge < -0.3 is 10.1 Å². The van der Waals surface area contributed by atoms with E-state index in [0.29, 0.717) is 5.56 Å². The highest BCUT2D eigenvalue weighted by atomic mass is 35.5. The van der Waals surface area contributed by atoms with Gasteiger partial charge in [-0.15, -0.1) is 0 Å². The van der Waals surface area contributed by atoms with E-state index in [1.165, 1.54) is 18.2 Å². The minimum absolute atomic E-state index is 0.0125. The van der Waals surface area contributed by atoms with E-state index in [4.69, 9.17) is 27.9 Å². The van der Waals surface area contributed by atoms with E-state index < -0.39 is 47.2 Å². The first kappa shape index (κ1) is 26.9. The molecule has 0 unspecified atom stereocenters. The summed E-state index contributed by atoms with van der Waals surface area (Å²) < 4.78 is 60.0. The molecular formula is C23H23Cl2F4NO3.